The first-order valence-corrected chi connectivity index (χ1v) is 6.15. The molecule has 1 aromatic rings. The van der Waals surface area contributed by atoms with Crippen LogP contribution < -0.4 is 16.0 Å². The van der Waals surface area contributed by atoms with Gasteiger partial charge < -0.3 is 19.9 Å². The fourth-order valence-corrected chi connectivity index (χ4v) is 1.29. The van der Waals surface area contributed by atoms with Crippen molar-refractivity contribution in [2.24, 2.45) is 5.73 Å². The first kappa shape index (κ1) is 15.6. The molecule has 0 spiro atoms. The van der Waals surface area contributed by atoms with Gasteiger partial charge in [-0.25, -0.2) is 4.68 Å². The maximum atomic E-state index is 11.7. The maximum Gasteiger partial charge on any atom is 0.270 e. The zero-order chi connectivity index (χ0) is 14.1. The van der Waals surface area contributed by atoms with Crippen molar-refractivity contribution in [2.75, 3.05) is 33.5 Å². The van der Waals surface area contributed by atoms with Crippen LogP contribution >= 0.6 is 0 Å². The molecule has 0 saturated carbocycles. The Morgan fingerprint density at radius 3 is 2.84 bits per heavy atom. The minimum atomic E-state index is -0.225. The van der Waals surface area contributed by atoms with Gasteiger partial charge in [0.1, 0.15) is 12.4 Å². The number of hydrogen-bond donors (Lipinski definition) is 1. The number of nitrogens with two attached hydrogens (primary N) is 1. The van der Waals surface area contributed by atoms with Gasteiger partial charge >= 0.3 is 0 Å². The number of ether oxygens (including phenoxy) is 3. The minimum Gasteiger partial charge on any atom is -0.490 e. The van der Waals surface area contributed by atoms with E-state index < -0.39 is 0 Å². The van der Waals surface area contributed by atoms with Crippen LogP contribution in [0.4, 0.5) is 0 Å². The average Bonchev–Trinajstić information content (AvgIpc) is 2.38. The van der Waals surface area contributed by atoms with Gasteiger partial charge in [-0.2, -0.15) is 5.10 Å². The molecule has 0 aliphatic heterocycles. The molecule has 2 N–H and O–H groups in total. The van der Waals surface area contributed by atoms with E-state index in [0.717, 1.165) is 0 Å². The Hall–Kier alpha value is -1.44. The summed E-state index contributed by atoms with van der Waals surface area (Å²) in [5, 5.41) is 4.00. The molecule has 0 radical (unpaired) electrons. The predicted molar refractivity (Wildman–Crippen MR) is 70.3 cm³/mol. The summed E-state index contributed by atoms with van der Waals surface area (Å²) in [6, 6.07) is 1.31. The van der Waals surface area contributed by atoms with Crippen molar-refractivity contribution in [1.82, 2.24) is 9.78 Å². The summed E-state index contributed by atoms with van der Waals surface area (Å²) in [6.45, 7) is 4.02. The lowest BCUT2D eigenvalue weighted by Gasteiger charge is -2.09. The van der Waals surface area contributed by atoms with Crippen molar-refractivity contribution in [2.45, 2.75) is 19.5 Å². The lowest BCUT2D eigenvalue weighted by atomic mass is 10.4. The summed E-state index contributed by atoms with van der Waals surface area (Å²) in [5.74, 6) is 0.429. The smallest absolute Gasteiger partial charge is 0.270 e. The van der Waals surface area contributed by atoms with Gasteiger partial charge in [-0.05, 0) is 6.92 Å². The average molecular weight is 271 g/mol. The maximum absolute atomic E-state index is 11.7. The fraction of sp³-hybridized carbons (Fsp3) is 0.667. The molecule has 19 heavy (non-hydrogen) atoms. The van der Waals surface area contributed by atoms with Gasteiger partial charge in [0.15, 0.2) is 0 Å². The molecule has 0 aromatic carbocycles. The van der Waals surface area contributed by atoms with Crippen molar-refractivity contribution < 1.29 is 14.2 Å². The third-order valence-electron chi connectivity index (χ3n) is 2.24. The van der Waals surface area contributed by atoms with Crippen LogP contribution in [0.2, 0.25) is 0 Å². The Labute approximate surface area is 112 Å². The Balaban J connectivity index is 2.41. The number of nitrogens with zero attached hydrogens (tertiary/aromatic N) is 2. The Morgan fingerprint density at radius 2 is 2.21 bits per heavy atom. The van der Waals surface area contributed by atoms with Crippen molar-refractivity contribution in [3.63, 3.8) is 0 Å². The first-order chi connectivity index (χ1) is 9.13. The summed E-state index contributed by atoms with van der Waals surface area (Å²) in [5.41, 5.74) is 5.33. The zero-order valence-corrected chi connectivity index (χ0v) is 11.4. The molecule has 108 valence electrons. The van der Waals surface area contributed by atoms with E-state index in [4.69, 9.17) is 19.9 Å². The molecule has 1 aromatic heterocycles. The summed E-state index contributed by atoms with van der Waals surface area (Å²) in [6.07, 6.45) is 1.50. The van der Waals surface area contributed by atoms with Crippen LogP contribution in [0.1, 0.15) is 6.92 Å². The normalized spacial score (nSPS) is 12.4. The highest BCUT2D eigenvalue weighted by molar-refractivity contribution is 5.13. The van der Waals surface area contributed by atoms with Crippen LogP contribution in [-0.4, -0.2) is 49.4 Å². The Kier molecular flexibility index (Phi) is 7.09. The third-order valence-corrected chi connectivity index (χ3v) is 2.24. The van der Waals surface area contributed by atoms with E-state index in [-0.39, 0.29) is 11.6 Å². The van der Waals surface area contributed by atoms with Crippen molar-refractivity contribution in [3.05, 3.63) is 22.6 Å². The van der Waals surface area contributed by atoms with Gasteiger partial charge in [-0.3, -0.25) is 4.79 Å². The highest BCUT2D eigenvalue weighted by atomic mass is 16.5. The molecule has 1 atom stereocenters. The highest BCUT2D eigenvalue weighted by Gasteiger charge is 2.02. The predicted octanol–water partition coefficient (Wildman–Crippen LogP) is -0.368. The van der Waals surface area contributed by atoms with E-state index in [1.54, 1.807) is 7.11 Å². The molecule has 1 rings (SSSR count). The highest BCUT2D eigenvalue weighted by Crippen LogP contribution is 2.03. The van der Waals surface area contributed by atoms with E-state index in [1.807, 2.05) is 6.92 Å². The molecule has 0 bridgehead atoms. The standard InChI is InChI=1S/C12H21N3O4/c1-10(13)9-19-11-7-12(16)15(14-8-11)3-4-18-6-5-17-2/h7-8,10H,3-6,9,13H2,1-2H3. The molecule has 0 fully saturated rings. The molecule has 1 unspecified atom stereocenters. The van der Waals surface area contributed by atoms with E-state index in [1.165, 1.54) is 16.9 Å². The van der Waals surface area contributed by atoms with Crippen molar-refractivity contribution in [1.29, 1.82) is 0 Å². The molecule has 0 saturated heterocycles. The van der Waals surface area contributed by atoms with E-state index in [2.05, 4.69) is 5.10 Å². The second kappa shape index (κ2) is 8.63. The molecule has 1 heterocycles. The van der Waals surface area contributed by atoms with Crippen molar-refractivity contribution >= 4 is 0 Å². The quantitative estimate of drug-likeness (QED) is 0.617. The first-order valence-electron chi connectivity index (χ1n) is 6.15. The van der Waals surface area contributed by atoms with Gasteiger partial charge in [0.05, 0.1) is 32.6 Å². The second-order valence-corrected chi connectivity index (χ2v) is 4.15. The molecule has 7 heteroatoms. The summed E-state index contributed by atoms with van der Waals surface area (Å²) in [7, 11) is 1.61. The fourth-order valence-electron chi connectivity index (χ4n) is 1.29. The van der Waals surface area contributed by atoms with Gasteiger partial charge in [0, 0.05) is 19.2 Å². The lowest BCUT2D eigenvalue weighted by molar-refractivity contribution is 0.0648. The van der Waals surface area contributed by atoms with Gasteiger partial charge in [0.2, 0.25) is 0 Å². The Morgan fingerprint density at radius 1 is 1.42 bits per heavy atom. The Bertz CT molecular complexity index is 420. The van der Waals surface area contributed by atoms with Crippen LogP contribution in [-0.2, 0) is 16.0 Å². The summed E-state index contributed by atoms with van der Waals surface area (Å²) in [4.78, 5) is 11.7. The van der Waals surface area contributed by atoms with E-state index in [0.29, 0.717) is 38.7 Å². The zero-order valence-electron chi connectivity index (χ0n) is 11.4. The van der Waals surface area contributed by atoms with Crippen molar-refractivity contribution in [3.8, 4) is 5.75 Å². The molecule has 0 aliphatic rings. The lowest BCUT2D eigenvalue weighted by Crippen LogP contribution is -2.27. The van der Waals surface area contributed by atoms with Crippen LogP contribution in [0.3, 0.4) is 0 Å². The summed E-state index contributed by atoms with van der Waals surface area (Å²) >= 11 is 0. The molecular weight excluding hydrogens is 250 g/mol. The number of aromatic nitrogens is 2. The minimum absolute atomic E-state index is 0.0865. The van der Waals surface area contributed by atoms with Crippen LogP contribution in [0.25, 0.3) is 0 Å². The van der Waals surface area contributed by atoms with E-state index >= 15 is 0 Å². The van der Waals surface area contributed by atoms with E-state index in [9.17, 15) is 4.79 Å². The van der Waals surface area contributed by atoms with Crippen LogP contribution in [0.5, 0.6) is 5.75 Å². The number of rotatable bonds is 9. The third kappa shape index (κ3) is 6.32. The second-order valence-electron chi connectivity index (χ2n) is 4.15. The van der Waals surface area contributed by atoms with Crippen LogP contribution in [0.15, 0.2) is 17.1 Å². The van der Waals surface area contributed by atoms with Crippen LogP contribution in [0, 0.1) is 0 Å². The van der Waals surface area contributed by atoms with Gasteiger partial charge in [-0.15, -0.1) is 0 Å². The molecule has 0 aliphatic carbocycles. The SMILES string of the molecule is COCCOCCn1ncc(OCC(C)N)cc1=O. The van der Waals surface area contributed by atoms with Gasteiger partial charge in [0.25, 0.3) is 5.56 Å². The number of methoxy groups -OCH3 is 1. The molecular formula is C12H21N3O4. The largest absolute Gasteiger partial charge is 0.490 e. The number of hydrogen-bond acceptors (Lipinski definition) is 6. The summed E-state index contributed by atoms with van der Waals surface area (Å²) < 4.78 is 16.8. The topological polar surface area (TPSA) is 88.6 Å². The molecule has 7 nitrogen and oxygen atoms in total. The molecule has 0 amide bonds. The monoisotopic (exact) mass is 271 g/mol. The van der Waals surface area contributed by atoms with Gasteiger partial charge in [-0.1, -0.05) is 0 Å².